The van der Waals surface area contributed by atoms with Crippen molar-refractivity contribution in [3.8, 4) is 0 Å². The number of phosphoric ester groups is 2. The van der Waals surface area contributed by atoms with E-state index in [0.717, 1.165) is 109 Å². The summed E-state index contributed by atoms with van der Waals surface area (Å²) in [5, 5.41) is 10.6. The molecule has 0 aromatic carbocycles. The van der Waals surface area contributed by atoms with Crippen LogP contribution in [-0.2, 0) is 65.4 Å². The highest BCUT2D eigenvalue weighted by molar-refractivity contribution is 7.47. The van der Waals surface area contributed by atoms with Crippen molar-refractivity contribution in [3.63, 3.8) is 0 Å². The van der Waals surface area contributed by atoms with Crippen LogP contribution in [0.15, 0.2) is 0 Å². The predicted molar refractivity (Wildman–Crippen MR) is 395 cm³/mol. The van der Waals surface area contributed by atoms with Crippen molar-refractivity contribution >= 4 is 39.5 Å². The highest BCUT2D eigenvalue weighted by Crippen LogP contribution is 2.45. The first-order valence-electron chi connectivity index (χ1n) is 40.6. The summed E-state index contributed by atoms with van der Waals surface area (Å²) in [5.74, 6) is -1.30. The second-order valence-electron chi connectivity index (χ2n) is 28.6. The van der Waals surface area contributed by atoms with Gasteiger partial charge in [-0.1, -0.05) is 362 Å². The Morgan fingerprint density at radius 3 is 0.701 bits per heavy atom. The number of carbonyl (C=O) groups is 4. The summed E-state index contributed by atoms with van der Waals surface area (Å²) in [6.45, 7) is 7.28. The van der Waals surface area contributed by atoms with E-state index in [2.05, 4.69) is 34.6 Å². The Kier molecular flexibility index (Phi) is 69.6. The minimum atomic E-state index is -4.96. The molecule has 0 heterocycles. The molecule has 0 saturated carbocycles. The molecule has 0 fully saturated rings. The van der Waals surface area contributed by atoms with Crippen molar-refractivity contribution in [2.24, 2.45) is 5.92 Å². The first-order valence-corrected chi connectivity index (χ1v) is 43.6. The van der Waals surface area contributed by atoms with Gasteiger partial charge in [0.15, 0.2) is 12.2 Å². The van der Waals surface area contributed by atoms with Crippen molar-refractivity contribution in [1.29, 1.82) is 0 Å². The molecule has 0 aromatic rings. The van der Waals surface area contributed by atoms with Crippen LogP contribution in [0.3, 0.4) is 0 Å². The number of rotatable bonds is 78. The summed E-state index contributed by atoms with van der Waals surface area (Å²) < 4.78 is 68.4. The smallest absolute Gasteiger partial charge is 0.462 e. The highest BCUT2D eigenvalue weighted by atomic mass is 31.2. The van der Waals surface area contributed by atoms with E-state index in [1.165, 1.54) is 225 Å². The average molecular weight is 1420 g/mol. The molecule has 5 atom stereocenters. The molecule has 17 nitrogen and oxygen atoms in total. The molecule has 0 spiro atoms. The lowest BCUT2D eigenvalue weighted by Crippen LogP contribution is -2.30. The third-order valence-electron chi connectivity index (χ3n) is 18.3. The third-order valence-corrected chi connectivity index (χ3v) is 20.2. The number of carbonyl (C=O) groups excluding carboxylic acids is 4. The van der Waals surface area contributed by atoms with Gasteiger partial charge in [-0.2, -0.15) is 0 Å². The Labute approximate surface area is 594 Å². The van der Waals surface area contributed by atoms with Crippen LogP contribution in [0.2, 0.25) is 0 Å². The molecule has 0 aliphatic heterocycles. The Morgan fingerprint density at radius 1 is 0.278 bits per heavy atom. The molecule has 3 N–H and O–H groups in total. The van der Waals surface area contributed by atoms with Crippen LogP contribution in [0.1, 0.15) is 413 Å². The fourth-order valence-corrected chi connectivity index (χ4v) is 13.6. The molecule has 0 aliphatic carbocycles. The fraction of sp³-hybridized carbons (Fsp3) is 0.949. The van der Waals surface area contributed by atoms with E-state index < -0.39 is 97.5 Å². The molecule has 0 saturated heterocycles. The summed E-state index contributed by atoms with van der Waals surface area (Å²) >= 11 is 0. The molecule has 0 bridgehead atoms. The van der Waals surface area contributed by atoms with Gasteiger partial charge in [0, 0.05) is 25.7 Å². The van der Waals surface area contributed by atoms with Gasteiger partial charge in [-0.15, -0.1) is 0 Å². The predicted octanol–water partition coefficient (Wildman–Crippen LogP) is 23.3. The zero-order chi connectivity index (χ0) is 71.2. The summed E-state index contributed by atoms with van der Waals surface area (Å²) in [6, 6.07) is 0. The molecule has 0 radical (unpaired) electrons. The van der Waals surface area contributed by atoms with E-state index >= 15 is 0 Å². The number of hydrogen-bond acceptors (Lipinski definition) is 15. The van der Waals surface area contributed by atoms with E-state index in [-0.39, 0.29) is 25.7 Å². The Hall–Kier alpha value is -1.94. The van der Waals surface area contributed by atoms with Crippen LogP contribution in [0.5, 0.6) is 0 Å². The minimum absolute atomic E-state index is 0.105. The van der Waals surface area contributed by atoms with Gasteiger partial charge in [0.05, 0.1) is 26.4 Å². The number of ether oxygens (including phenoxy) is 4. The normalized spacial score (nSPS) is 13.9. The van der Waals surface area contributed by atoms with Gasteiger partial charge in [-0.25, -0.2) is 9.13 Å². The van der Waals surface area contributed by atoms with Gasteiger partial charge in [0.1, 0.15) is 19.3 Å². The van der Waals surface area contributed by atoms with Gasteiger partial charge in [-0.3, -0.25) is 37.3 Å². The van der Waals surface area contributed by atoms with Gasteiger partial charge >= 0.3 is 39.5 Å². The molecule has 0 rings (SSSR count). The topological polar surface area (TPSA) is 237 Å². The molecule has 576 valence electrons. The number of esters is 4. The summed E-state index contributed by atoms with van der Waals surface area (Å²) in [7, 11) is -9.90. The van der Waals surface area contributed by atoms with Gasteiger partial charge in [0.25, 0.3) is 0 Å². The Bertz CT molecular complexity index is 1860. The number of aliphatic hydroxyl groups is 1. The lowest BCUT2D eigenvalue weighted by atomic mass is 10.0. The van der Waals surface area contributed by atoms with Crippen molar-refractivity contribution in [1.82, 2.24) is 0 Å². The summed E-state index contributed by atoms with van der Waals surface area (Å²) in [5.41, 5.74) is 0. The van der Waals surface area contributed by atoms with E-state index in [0.29, 0.717) is 25.7 Å². The zero-order valence-corrected chi connectivity index (χ0v) is 65.0. The van der Waals surface area contributed by atoms with Crippen LogP contribution < -0.4 is 0 Å². The number of aliphatic hydroxyl groups excluding tert-OH is 1. The van der Waals surface area contributed by atoms with Crippen LogP contribution in [0, 0.1) is 5.92 Å². The number of hydrogen-bond donors (Lipinski definition) is 3. The maximum absolute atomic E-state index is 13.1. The fourth-order valence-electron chi connectivity index (χ4n) is 12.1. The van der Waals surface area contributed by atoms with Crippen LogP contribution in [0.25, 0.3) is 0 Å². The third kappa shape index (κ3) is 72.2. The lowest BCUT2D eigenvalue weighted by molar-refractivity contribution is -0.161. The molecule has 0 amide bonds. The lowest BCUT2D eigenvalue weighted by Gasteiger charge is -2.21. The van der Waals surface area contributed by atoms with Crippen LogP contribution >= 0.6 is 15.6 Å². The van der Waals surface area contributed by atoms with E-state index in [1.807, 2.05) is 0 Å². The average Bonchev–Trinajstić information content (AvgIpc) is 1.24. The SMILES string of the molecule is CCCCCCCCCCCCCCCCCCCCCCC(=O)OC[C@H](COP(=O)(O)OC[C@@H](O)COP(=O)(O)OC[C@@H](COC(=O)CCCCCCCCCC)OC(=O)CCCCCCCCCC)OC(=O)CCCCCCCCCCCCCCCCCCCCC(C)C. The largest absolute Gasteiger partial charge is 0.472 e. The second kappa shape index (κ2) is 71.1. The minimum Gasteiger partial charge on any atom is -0.462 e. The Balaban J connectivity index is 5.12. The molecule has 19 heteroatoms. The highest BCUT2D eigenvalue weighted by Gasteiger charge is 2.30. The van der Waals surface area contributed by atoms with E-state index in [1.54, 1.807) is 0 Å². The summed E-state index contributed by atoms with van der Waals surface area (Å²) in [4.78, 5) is 72.6. The van der Waals surface area contributed by atoms with Crippen molar-refractivity contribution in [2.45, 2.75) is 432 Å². The number of phosphoric acid groups is 2. The van der Waals surface area contributed by atoms with E-state index in [4.69, 9.17) is 37.0 Å². The van der Waals surface area contributed by atoms with Gasteiger partial charge < -0.3 is 33.8 Å². The summed E-state index contributed by atoms with van der Waals surface area (Å²) in [6.07, 6.45) is 61.4. The van der Waals surface area contributed by atoms with Crippen molar-refractivity contribution in [3.05, 3.63) is 0 Å². The zero-order valence-electron chi connectivity index (χ0n) is 63.2. The maximum Gasteiger partial charge on any atom is 0.472 e. The monoisotopic (exact) mass is 1420 g/mol. The number of unbranched alkanes of at least 4 members (excludes halogenated alkanes) is 50. The molecule has 2 unspecified atom stereocenters. The first kappa shape index (κ1) is 95.1. The quantitative estimate of drug-likeness (QED) is 0.0222. The Morgan fingerprint density at radius 2 is 0.474 bits per heavy atom. The van der Waals surface area contributed by atoms with Gasteiger partial charge in [-0.05, 0) is 31.6 Å². The molecular formula is C78H152O17P2. The van der Waals surface area contributed by atoms with Crippen LogP contribution in [-0.4, -0.2) is 96.7 Å². The van der Waals surface area contributed by atoms with Gasteiger partial charge in [0.2, 0.25) is 0 Å². The van der Waals surface area contributed by atoms with Crippen molar-refractivity contribution < 1.29 is 80.2 Å². The van der Waals surface area contributed by atoms with E-state index in [9.17, 15) is 43.2 Å². The molecular weight excluding hydrogens is 1270 g/mol. The van der Waals surface area contributed by atoms with Crippen molar-refractivity contribution in [2.75, 3.05) is 39.6 Å². The maximum atomic E-state index is 13.1. The molecule has 0 aromatic heterocycles. The standard InChI is InChI=1S/C78H152O17P2/c1-6-9-12-15-18-21-22-23-24-25-26-27-31-34-37-40-43-48-52-57-62-76(81)89-68-74(95-78(83)64-59-54-49-44-41-38-35-32-29-28-30-33-36-39-42-45-50-55-60-71(4)5)70-93-97(86,87)91-66-72(79)65-90-96(84,85)92-69-73(94-77(82)63-58-53-47-20-17-14-11-8-3)67-88-75(80)61-56-51-46-19-16-13-10-7-2/h71-74,79H,6-70H2,1-5H3,(H,84,85)(H,86,87)/t72-,73+,74+/m0/s1. The molecule has 97 heavy (non-hydrogen) atoms. The second-order valence-corrected chi connectivity index (χ2v) is 31.5. The van der Waals surface area contributed by atoms with Crippen LogP contribution in [0.4, 0.5) is 0 Å². The molecule has 0 aliphatic rings. The first-order chi connectivity index (χ1) is 47.0.